The number of imidazole rings is 1. The van der Waals surface area contributed by atoms with Crippen molar-refractivity contribution < 1.29 is 0 Å². The maximum Gasteiger partial charge on any atom is 0.0992 e. The lowest BCUT2D eigenvalue weighted by atomic mass is 10.2. The Hall–Kier alpha value is -2.56. The lowest BCUT2D eigenvalue weighted by Gasteiger charge is -2.18. The van der Waals surface area contributed by atoms with Crippen molar-refractivity contribution in [1.82, 2.24) is 19.3 Å². The van der Waals surface area contributed by atoms with Gasteiger partial charge < -0.3 is 9.88 Å². The number of aryl methyl sites for hydroxylation is 1. The van der Waals surface area contributed by atoms with Crippen LogP contribution in [0.4, 0.5) is 5.69 Å². The highest BCUT2D eigenvalue weighted by Gasteiger charge is 2.11. The van der Waals surface area contributed by atoms with Crippen molar-refractivity contribution in [3.05, 3.63) is 60.9 Å². The minimum Gasteiger partial charge on any atom is -0.375 e. The van der Waals surface area contributed by atoms with Gasteiger partial charge in [0.25, 0.3) is 0 Å². The van der Waals surface area contributed by atoms with E-state index < -0.39 is 0 Å². The number of nitrogens with zero attached hydrogens (tertiary/aromatic N) is 4. The van der Waals surface area contributed by atoms with Crippen LogP contribution in [0, 0.1) is 0 Å². The van der Waals surface area contributed by atoms with Gasteiger partial charge >= 0.3 is 0 Å². The van der Waals surface area contributed by atoms with Crippen molar-refractivity contribution in [2.45, 2.75) is 13.0 Å². The van der Waals surface area contributed by atoms with Gasteiger partial charge in [0.15, 0.2) is 0 Å². The summed E-state index contributed by atoms with van der Waals surface area (Å²) in [7, 11) is 1.95. The molecule has 0 saturated carbocycles. The zero-order valence-corrected chi connectivity index (χ0v) is 11.6. The molecule has 2 heterocycles. The van der Waals surface area contributed by atoms with Gasteiger partial charge in [0.05, 0.1) is 29.4 Å². The monoisotopic (exact) mass is 267 g/mol. The lowest BCUT2D eigenvalue weighted by Crippen LogP contribution is -2.12. The van der Waals surface area contributed by atoms with Crippen LogP contribution < -0.4 is 5.32 Å². The summed E-state index contributed by atoms with van der Waals surface area (Å²) in [4.78, 5) is 4.10. The quantitative estimate of drug-likeness (QED) is 0.790. The van der Waals surface area contributed by atoms with E-state index >= 15 is 0 Å². The molecule has 5 nitrogen and oxygen atoms in total. The van der Waals surface area contributed by atoms with E-state index in [0.29, 0.717) is 0 Å². The van der Waals surface area contributed by atoms with Crippen LogP contribution in [-0.2, 0) is 7.05 Å². The highest BCUT2D eigenvalue weighted by atomic mass is 15.3. The molecule has 0 radical (unpaired) electrons. The zero-order chi connectivity index (χ0) is 13.9. The van der Waals surface area contributed by atoms with Gasteiger partial charge in [-0.25, -0.2) is 4.98 Å². The summed E-state index contributed by atoms with van der Waals surface area (Å²) in [5, 5.41) is 7.75. The van der Waals surface area contributed by atoms with Gasteiger partial charge in [0, 0.05) is 25.6 Å². The molecule has 0 bridgehead atoms. The second-order valence-corrected chi connectivity index (χ2v) is 4.73. The first-order valence-corrected chi connectivity index (χ1v) is 6.57. The van der Waals surface area contributed by atoms with Crippen molar-refractivity contribution >= 4 is 5.69 Å². The minimum absolute atomic E-state index is 0.173. The van der Waals surface area contributed by atoms with Crippen molar-refractivity contribution in [2.75, 3.05) is 5.32 Å². The highest BCUT2D eigenvalue weighted by molar-refractivity contribution is 5.61. The molecule has 2 aromatic heterocycles. The molecule has 1 atom stereocenters. The van der Waals surface area contributed by atoms with Crippen molar-refractivity contribution in [1.29, 1.82) is 0 Å². The standard InChI is InChI=1S/C15H17N5/c1-12(14-7-8-17-19(14)2)18-13-5-3-4-6-15(13)20-10-9-16-11-20/h3-12,18H,1-2H3. The molecule has 5 heteroatoms. The molecule has 3 aromatic rings. The van der Waals surface area contributed by atoms with E-state index in [4.69, 9.17) is 0 Å². The summed E-state index contributed by atoms with van der Waals surface area (Å²) in [5.74, 6) is 0. The van der Waals surface area contributed by atoms with E-state index in [1.54, 1.807) is 12.5 Å². The van der Waals surface area contributed by atoms with Gasteiger partial charge in [-0.1, -0.05) is 12.1 Å². The van der Waals surface area contributed by atoms with Gasteiger partial charge in [-0.15, -0.1) is 0 Å². The Bertz CT molecular complexity index is 684. The van der Waals surface area contributed by atoms with E-state index in [2.05, 4.69) is 34.5 Å². The smallest absolute Gasteiger partial charge is 0.0992 e. The molecule has 102 valence electrons. The van der Waals surface area contributed by atoms with Gasteiger partial charge in [-0.2, -0.15) is 5.10 Å². The van der Waals surface area contributed by atoms with Crippen LogP contribution in [0.15, 0.2) is 55.2 Å². The topological polar surface area (TPSA) is 47.7 Å². The Balaban J connectivity index is 1.90. The molecule has 0 aliphatic rings. The normalized spacial score (nSPS) is 12.3. The number of rotatable bonds is 4. The number of hydrogen-bond acceptors (Lipinski definition) is 3. The zero-order valence-electron chi connectivity index (χ0n) is 11.6. The Morgan fingerprint density at radius 3 is 2.70 bits per heavy atom. The first-order chi connectivity index (χ1) is 9.75. The van der Waals surface area contributed by atoms with Crippen LogP contribution in [0.2, 0.25) is 0 Å². The number of anilines is 1. The SMILES string of the molecule is CC(Nc1ccccc1-n1ccnc1)c1ccnn1C. The van der Waals surface area contributed by atoms with Crippen LogP contribution in [0.3, 0.4) is 0 Å². The van der Waals surface area contributed by atoms with E-state index in [0.717, 1.165) is 17.1 Å². The Morgan fingerprint density at radius 1 is 1.15 bits per heavy atom. The maximum absolute atomic E-state index is 4.21. The molecule has 20 heavy (non-hydrogen) atoms. The third kappa shape index (κ3) is 2.30. The number of hydrogen-bond donors (Lipinski definition) is 1. The molecule has 0 spiro atoms. The number of benzene rings is 1. The van der Waals surface area contributed by atoms with Crippen LogP contribution in [0.1, 0.15) is 18.7 Å². The predicted molar refractivity (Wildman–Crippen MR) is 78.8 cm³/mol. The molecule has 3 rings (SSSR count). The van der Waals surface area contributed by atoms with E-state index in [9.17, 15) is 0 Å². The van der Waals surface area contributed by atoms with E-state index in [1.165, 1.54) is 0 Å². The van der Waals surface area contributed by atoms with Gasteiger partial charge in [0.2, 0.25) is 0 Å². The fourth-order valence-electron chi connectivity index (χ4n) is 2.34. The van der Waals surface area contributed by atoms with E-state index in [-0.39, 0.29) is 6.04 Å². The first kappa shape index (κ1) is 12.5. The number of para-hydroxylation sites is 2. The molecule has 1 N–H and O–H groups in total. The summed E-state index contributed by atoms with van der Waals surface area (Å²) in [6.07, 6.45) is 7.33. The van der Waals surface area contributed by atoms with E-state index in [1.807, 2.05) is 46.9 Å². The lowest BCUT2D eigenvalue weighted by molar-refractivity contribution is 0.675. The number of aromatic nitrogens is 4. The highest BCUT2D eigenvalue weighted by Crippen LogP contribution is 2.24. The van der Waals surface area contributed by atoms with Crippen molar-refractivity contribution in [2.24, 2.45) is 7.05 Å². The van der Waals surface area contributed by atoms with Gasteiger partial charge in [-0.3, -0.25) is 4.68 Å². The summed E-state index contributed by atoms with van der Waals surface area (Å²) >= 11 is 0. The molecule has 0 aliphatic heterocycles. The summed E-state index contributed by atoms with van der Waals surface area (Å²) in [6, 6.07) is 10.4. The summed E-state index contributed by atoms with van der Waals surface area (Å²) in [5.41, 5.74) is 3.30. The van der Waals surface area contributed by atoms with Crippen molar-refractivity contribution in [3.8, 4) is 5.69 Å². The molecular formula is C15H17N5. The molecule has 0 fully saturated rings. The van der Waals surface area contributed by atoms with Crippen LogP contribution in [0.25, 0.3) is 5.69 Å². The maximum atomic E-state index is 4.21. The fraction of sp³-hybridized carbons (Fsp3) is 0.200. The fourth-order valence-corrected chi connectivity index (χ4v) is 2.34. The van der Waals surface area contributed by atoms with Crippen molar-refractivity contribution in [3.63, 3.8) is 0 Å². The molecule has 0 saturated heterocycles. The van der Waals surface area contributed by atoms with Gasteiger partial charge in [0.1, 0.15) is 0 Å². The minimum atomic E-state index is 0.173. The third-order valence-corrected chi connectivity index (χ3v) is 3.36. The third-order valence-electron chi connectivity index (χ3n) is 3.36. The predicted octanol–water partition coefficient (Wildman–Crippen LogP) is 2.78. The van der Waals surface area contributed by atoms with Crippen LogP contribution >= 0.6 is 0 Å². The molecule has 0 aliphatic carbocycles. The molecule has 0 amide bonds. The Labute approximate surface area is 117 Å². The Morgan fingerprint density at radius 2 is 2.00 bits per heavy atom. The number of nitrogens with one attached hydrogen (secondary N) is 1. The Kier molecular flexibility index (Phi) is 3.25. The molecule has 1 aromatic carbocycles. The average molecular weight is 267 g/mol. The second-order valence-electron chi connectivity index (χ2n) is 4.73. The van der Waals surface area contributed by atoms with Gasteiger partial charge in [-0.05, 0) is 25.1 Å². The summed E-state index contributed by atoms with van der Waals surface area (Å²) < 4.78 is 3.88. The largest absolute Gasteiger partial charge is 0.375 e. The average Bonchev–Trinajstić information content (AvgIpc) is 3.10. The van der Waals surface area contributed by atoms with Crippen LogP contribution in [0.5, 0.6) is 0 Å². The first-order valence-electron chi connectivity index (χ1n) is 6.57. The second kappa shape index (κ2) is 5.21. The van der Waals surface area contributed by atoms with Crippen LogP contribution in [-0.4, -0.2) is 19.3 Å². The molecular weight excluding hydrogens is 250 g/mol. The molecule has 1 unspecified atom stereocenters. The summed E-state index contributed by atoms with van der Waals surface area (Å²) in [6.45, 7) is 2.13.